The number of fused-ring (bicyclic) bond motifs is 1. The number of carboxylic acid groups (broad SMARTS) is 1. The number of hydrogen-bond donors (Lipinski definition) is 2. The highest BCUT2D eigenvalue weighted by molar-refractivity contribution is 6.42. The Morgan fingerprint density at radius 3 is 2.52 bits per heavy atom. The van der Waals surface area contributed by atoms with Crippen molar-refractivity contribution in [1.82, 2.24) is 0 Å². The number of halogens is 2. The summed E-state index contributed by atoms with van der Waals surface area (Å²) >= 11 is 11.9. The first-order valence-corrected chi connectivity index (χ1v) is 8.05. The molecule has 0 aliphatic heterocycles. The van der Waals surface area contributed by atoms with Crippen molar-refractivity contribution in [3.8, 4) is 5.75 Å². The molecule has 128 valence electrons. The van der Waals surface area contributed by atoms with Gasteiger partial charge in [-0.05, 0) is 29.8 Å². The fourth-order valence-electron chi connectivity index (χ4n) is 2.75. The normalized spacial score (nSPS) is 12.2. The van der Waals surface area contributed by atoms with Gasteiger partial charge in [0.1, 0.15) is 11.3 Å². The van der Waals surface area contributed by atoms with Gasteiger partial charge in [-0.2, -0.15) is 0 Å². The van der Waals surface area contributed by atoms with Gasteiger partial charge in [-0.3, -0.25) is 4.79 Å². The molecular formula is C18H12Cl2O5. The highest BCUT2D eigenvalue weighted by Gasteiger charge is 2.27. The van der Waals surface area contributed by atoms with Crippen LogP contribution in [0.2, 0.25) is 10.0 Å². The van der Waals surface area contributed by atoms with Crippen LogP contribution < -0.4 is 5.63 Å². The average Bonchev–Trinajstić information content (AvgIpc) is 2.56. The fourth-order valence-corrected chi connectivity index (χ4v) is 3.05. The summed E-state index contributed by atoms with van der Waals surface area (Å²) in [5.41, 5.74) is -0.264. The Labute approximate surface area is 152 Å². The van der Waals surface area contributed by atoms with Crippen LogP contribution >= 0.6 is 23.2 Å². The lowest BCUT2D eigenvalue weighted by molar-refractivity contribution is -0.137. The predicted octanol–water partition coefficient (Wildman–Crippen LogP) is 4.41. The van der Waals surface area contributed by atoms with Gasteiger partial charge in [0, 0.05) is 5.92 Å². The molecular weight excluding hydrogens is 367 g/mol. The number of benzene rings is 2. The largest absolute Gasteiger partial charge is 0.507 e. The van der Waals surface area contributed by atoms with E-state index in [4.69, 9.17) is 27.6 Å². The van der Waals surface area contributed by atoms with Crippen molar-refractivity contribution >= 4 is 40.1 Å². The van der Waals surface area contributed by atoms with Gasteiger partial charge in [0.2, 0.25) is 0 Å². The SMILES string of the molecule is O=C(O)C[C@@H](c1ccc(Cl)c(Cl)c1)c1c(O)c2ccccc2oc1=O. The number of aliphatic carboxylic acids is 1. The summed E-state index contributed by atoms with van der Waals surface area (Å²) in [6, 6.07) is 11.0. The Morgan fingerprint density at radius 1 is 1.12 bits per heavy atom. The van der Waals surface area contributed by atoms with Crippen LogP contribution in [0.15, 0.2) is 51.7 Å². The summed E-state index contributed by atoms with van der Waals surface area (Å²) < 4.78 is 5.24. The van der Waals surface area contributed by atoms with E-state index in [1.54, 1.807) is 30.3 Å². The highest BCUT2D eigenvalue weighted by Crippen LogP contribution is 2.37. The summed E-state index contributed by atoms with van der Waals surface area (Å²) in [6.45, 7) is 0. The molecule has 0 radical (unpaired) electrons. The molecule has 0 aliphatic carbocycles. The molecule has 3 rings (SSSR count). The van der Waals surface area contributed by atoms with Crippen LogP contribution in [0, 0.1) is 0 Å². The molecule has 0 aliphatic rings. The number of carboxylic acids is 1. The molecule has 0 spiro atoms. The zero-order valence-corrected chi connectivity index (χ0v) is 14.2. The summed E-state index contributed by atoms with van der Waals surface area (Å²) in [5, 5.41) is 20.7. The molecule has 0 saturated carbocycles. The summed E-state index contributed by atoms with van der Waals surface area (Å²) in [5.74, 6) is -2.37. The standard InChI is InChI=1S/C18H12Cl2O5/c19-12-6-5-9(7-13(12)20)11(8-15(21)22)16-17(23)10-3-1-2-4-14(10)25-18(16)24/h1-7,11,23H,8H2,(H,21,22)/t11-/m0/s1. The minimum Gasteiger partial charge on any atom is -0.507 e. The van der Waals surface area contributed by atoms with Crippen molar-refractivity contribution in [2.75, 3.05) is 0 Å². The summed E-state index contributed by atoms with van der Waals surface area (Å²) in [4.78, 5) is 23.7. The van der Waals surface area contributed by atoms with Crippen LogP contribution in [0.4, 0.5) is 0 Å². The van der Waals surface area contributed by atoms with E-state index in [2.05, 4.69) is 0 Å². The van der Waals surface area contributed by atoms with E-state index in [1.807, 2.05) is 0 Å². The molecule has 5 nitrogen and oxygen atoms in total. The quantitative estimate of drug-likeness (QED) is 0.656. The van der Waals surface area contributed by atoms with Gasteiger partial charge in [-0.1, -0.05) is 41.4 Å². The molecule has 0 bridgehead atoms. The van der Waals surface area contributed by atoms with Gasteiger partial charge >= 0.3 is 11.6 Å². The monoisotopic (exact) mass is 378 g/mol. The first kappa shape index (κ1) is 17.3. The van der Waals surface area contributed by atoms with Crippen LogP contribution in [0.25, 0.3) is 11.0 Å². The van der Waals surface area contributed by atoms with Gasteiger partial charge in [0.05, 0.1) is 27.4 Å². The molecule has 0 fully saturated rings. The number of aromatic hydroxyl groups is 1. The topological polar surface area (TPSA) is 87.7 Å². The van der Waals surface area contributed by atoms with Crippen molar-refractivity contribution in [1.29, 1.82) is 0 Å². The molecule has 1 heterocycles. The Bertz CT molecular complexity index is 1030. The maximum Gasteiger partial charge on any atom is 0.343 e. The third kappa shape index (κ3) is 3.34. The molecule has 1 aromatic heterocycles. The van der Waals surface area contributed by atoms with Crippen LogP contribution in [0.3, 0.4) is 0 Å². The Kier molecular flexibility index (Phi) is 4.70. The number of hydrogen-bond acceptors (Lipinski definition) is 4. The van der Waals surface area contributed by atoms with Gasteiger partial charge in [-0.15, -0.1) is 0 Å². The molecule has 0 saturated heterocycles. The zero-order chi connectivity index (χ0) is 18.1. The predicted molar refractivity (Wildman–Crippen MR) is 94.7 cm³/mol. The van der Waals surface area contributed by atoms with Crippen LogP contribution in [0.5, 0.6) is 5.75 Å². The fraction of sp³-hybridized carbons (Fsp3) is 0.111. The first-order valence-electron chi connectivity index (χ1n) is 7.30. The van der Waals surface area contributed by atoms with Gasteiger partial charge in [0.15, 0.2) is 0 Å². The lowest BCUT2D eigenvalue weighted by Gasteiger charge is -2.17. The van der Waals surface area contributed by atoms with E-state index in [-0.39, 0.29) is 21.9 Å². The molecule has 2 N–H and O–H groups in total. The van der Waals surface area contributed by atoms with Crippen molar-refractivity contribution < 1.29 is 19.4 Å². The smallest absolute Gasteiger partial charge is 0.343 e. The van der Waals surface area contributed by atoms with Gasteiger partial charge in [0.25, 0.3) is 0 Å². The van der Waals surface area contributed by atoms with E-state index in [1.165, 1.54) is 12.1 Å². The second kappa shape index (κ2) is 6.78. The third-order valence-corrected chi connectivity index (χ3v) is 4.63. The second-order valence-corrected chi connectivity index (χ2v) is 6.29. The van der Waals surface area contributed by atoms with E-state index >= 15 is 0 Å². The minimum atomic E-state index is -1.14. The van der Waals surface area contributed by atoms with E-state index in [0.717, 1.165) is 0 Å². The van der Waals surface area contributed by atoms with Crippen LogP contribution in [-0.4, -0.2) is 16.2 Å². The lowest BCUT2D eigenvalue weighted by Crippen LogP contribution is -2.17. The molecule has 7 heteroatoms. The maximum atomic E-state index is 12.4. The molecule has 1 atom stereocenters. The average molecular weight is 379 g/mol. The lowest BCUT2D eigenvalue weighted by atomic mass is 9.88. The maximum absolute atomic E-state index is 12.4. The second-order valence-electron chi connectivity index (χ2n) is 5.47. The van der Waals surface area contributed by atoms with Crippen LogP contribution in [0.1, 0.15) is 23.5 Å². The Hall–Kier alpha value is -2.50. The van der Waals surface area contributed by atoms with Gasteiger partial charge in [-0.25, -0.2) is 4.79 Å². The first-order chi connectivity index (χ1) is 11.9. The Morgan fingerprint density at radius 2 is 1.84 bits per heavy atom. The van der Waals surface area contributed by atoms with Crippen molar-refractivity contribution in [3.63, 3.8) is 0 Å². The van der Waals surface area contributed by atoms with Gasteiger partial charge < -0.3 is 14.6 Å². The number of para-hydroxylation sites is 1. The third-order valence-electron chi connectivity index (χ3n) is 3.89. The number of rotatable bonds is 4. The zero-order valence-electron chi connectivity index (χ0n) is 12.7. The van der Waals surface area contributed by atoms with Crippen molar-refractivity contribution in [2.45, 2.75) is 12.3 Å². The minimum absolute atomic E-state index is 0.125. The summed E-state index contributed by atoms with van der Waals surface area (Å²) in [6.07, 6.45) is -0.422. The van der Waals surface area contributed by atoms with Crippen LogP contribution in [-0.2, 0) is 4.79 Å². The molecule has 0 amide bonds. The van der Waals surface area contributed by atoms with Crippen molar-refractivity contribution in [3.05, 3.63) is 74.1 Å². The molecule has 25 heavy (non-hydrogen) atoms. The van der Waals surface area contributed by atoms with E-state index in [0.29, 0.717) is 16.0 Å². The molecule has 0 unspecified atom stereocenters. The highest BCUT2D eigenvalue weighted by atomic mass is 35.5. The molecule has 2 aromatic carbocycles. The van der Waals surface area contributed by atoms with E-state index < -0.39 is 23.9 Å². The molecule has 3 aromatic rings. The summed E-state index contributed by atoms with van der Waals surface area (Å²) in [7, 11) is 0. The van der Waals surface area contributed by atoms with Crippen molar-refractivity contribution in [2.24, 2.45) is 0 Å². The number of carbonyl (C=O) groups is 1. The van der Waals surface area contributed by atoms with E-state index in [9.17, 15) is 19.8 Å². The Balaban J connectivity index is 2.26.